The molecular formula is C24H22N2O6S2. The van der Waals surface area contributed by atoms with Crippen molar-refractivity contribution in [2.45, 2.75) is 24.8 Å². The molecule has 1 fully saturated rings. The lowest BCUT2D eigenvalue weighted by atomic mass is 9.96. The normalized spacial score (nSPS) is 17.9. The van der Waals surface area contributed by atoms with E-state index in [1.165, 1.54) is 47.6 Å². The summed E-state index contributed by atoms with van der Waals surface area (Å²) in [6.07, 6.45) is 0. The van der Waals surface area contributed by atoms with Gasteiger partial charge in [0.2, 0.25) is 10.0 Å². The van der Waals surface area contributed by atoms with Gasteiger partial charge in [0.25, 0.3) is 11.7 Å². The van der Waals surface area contributed by atoms with Crippen molar-refractivity contribution < 1.29 is 27.9 Å². The van der Waals surface area contributed by atoms with Crippen LogP contribution in [0.3, 0.4) is 0 Å². The SMILES string of the molecule is COc1c(C)cc(C)cc1/C(O)=C1/C(=O)C(=O)N(c2ccc(S(N)(=O)=O)cc2)C1c1cccs1. The van der Waals surface area contributed by atoms with Crippen LogP contribution in [0.5, 0.6) is 5.75 Å². The molecule has 0 radical (unpaired) electrons. The Hall–Kier alpha value is -3.47. The number of thiophene rings is 1. The van der Waals surface area contributed by atoms with Crippen molar-refractivity contribution in [3.8, 4) is 5.75 Å². The molecule has 10 heteroatoms. The van der Waals surface area contributed by atoms with Crippen LogP contribution in [0.15, 0.2) is 64.4 Å². The number of benzene rings is 2. The first-order valence-electron chi connectivity index (χ1n) is 10.2. The fourth-order valence-electron chi connectivity index (χ4n) is 4.16. The summed E-state index contributed by atoms with van der Waals surface area (Å²) >= 11 is 1.32. The van der Waals surface area contributed by atoms with Crippen LogP contribution in [0.2, 0.25) is 0 Å². The van der Waals surface area contributed by atoms with Gasteiger partial charge in [0, 0.05) is 10.6 Å². The second-order valence-electron chi connectivity index (χ2n) is 7.89. The zero-order valence-electron chi connectivity index (χ0n) is 18.6. The molecule has 8 nitrogen and oxygen atoms in total. The molecule has 34 heavy (non-hydrogen) atoms. The van der Waals surface area contributed by atoms with E-state index >= 15 is 0 Å². The van der Waals surface area contributed by atoms with E-state index in [0.717, 1.165) is 11.1 Å². The van der Waals surface area contributed by atoms with Crippen molar-refractivity contribution in [2.24, 2.45) is 5.14 Å². The van der Waals surface area contributed by atoms with E-state index in [-0.39, 0.29) is 16.2 Å². The van der Waals surface area contributed by atoms with Gasteiger partial charge in [0.05, 0.1) is 23.1 Å². The number of rotatable bonds is 5. The molecule has 1 atom stereocenters. The van der Waals surface area contributed by atoms with Crippen molar-refractivity contribution >= 4 is 44.5 Å². The second-order valence-corrected chi connectivity index (χ2v) is 10.4. The van der Waals surface area contributed by atoms with E-state index in [4.69, 9.17) is 9.88 Å². The van der Waals surface area contributed by atoms with Crippen molar-refractivity contribution in [3.05, 3.63) is 81.1 Å². The van der Waals surface area contributed by atoms with Gasteiger partial charge >= 0.3 is 0 Å². The zero-order valence-corrected chi connectivity index (χ0v) is 20.2. The highest BCUT2D eigenvalue weighted by atomic mass is 32.2. The highest BCUT2D eigenvalue weighted by Gasteiger charge is 2.47. The number of primary sulfonamides is 1. The summed E-state index contributed by atoms with van der Waals surface area (Å²) < 4.78 is 28.8. The summed E-state index contributed by atoms with van der Waals surface area (Å²) in [6, 6.07) is 11.6. The van der Waals surface area contributed by atoms with Crippen LogP contribution < -0.4 is 14.8 Å². The Bertz CT molecular complexity index is 1420. The third kappa shape index (κ3) is 4.00. The number of Topliss-reactive ketones (excluding diaryl/α,β-unsaturated/α-hetero) is 1. The Kier molecular flexibility index (Phi) is 6.07. The van der Waals surface area contributed by atoms with E-state index in [1.54, 1.807) is 23.6 Å². The minimum Gasteiger partial charge on any atom is -0.507 e. The van der Waals surface area contributed by atoms with Gasteiger partial charge in [-0.15, -0.1) is 11.3 Å². The first kappa shape index (κ1) is 23.7. The molecule has 1 amide bonds. The number of aliphatic hydroxyl groups is 1. The molecule has 0 spiro atoms. The Balaban J connectivity index is 1.95. The summed E-state index contributed by atoms with van der Waals surface area (Å²) in [5.41, 5.74) is 2.14. The number of aryl methyl sites for hydroxylation is 2. The average Bonchev–Trinajstić information content (AvgIpc) is 3.39. The molecule has 1 saturated heterocycles. The number of aliphatic hydroxyl groups excluding tert-OH is 1. The minimum atomic E-state index is -3.93. The Labute approximate surface area is 201 Å². The van der Waals surface area contributed by atoms with Crippen LogP contribution in [-0.4, -0.2) is 32.3 Å². The molecule has 0 saturated carbocycles. The molecule has 3 aromatic rings. The fourth-order valence-corrected chi connectivity index (χ4v) is 5.50. The monoisotopic (exact) mass is 498 g/mol. The van der Waals surface area contributed by atoms with Crippen LogP contribution in [-0.2, 0) is 19.6 Å². The minimum absolute atomic E-state index is 0.0775. The summed E-state index contributed by atoms with van der Waals surface area (Å²) in [6.45, 7) is 3.68. The Morgan fingerprint density at radius 2 is 1.79 bits per heavy atom. The topological polar surface area (TPSA) is 127 Å². The number of sulfonamides is 1. The first-order valence-corrected chi connectivity index (χ1v) is 12.6. The predicted octanol–water partition coefficient (Wildman–Crippen LogP) is 3.65. The summed E-state index contributed by atoms with van der Waals surface area (Å²) in [4.78, 5) is 28.2. The number of carbonyl (C=O) groups excluding carboxylic acids is 2. The average molecular weight is 499 g/mol. The van der Waals surface area contributed by atoms with Crippen molar-refractivity contribution in [1.82, 2.24) is 0 Å². The molecule has 1 unspecified atom stereocenters. The van der Waals surface area contributed by atoms with Crippen molar-refractivity contribution in [3.63, 3.8) is 0 Å². The molecule has 1 aliphatic rings. The highest BCUT2D eigenvalue weighted by Crippen LogP contribution is 2.45. The highest BCUT2D eigenvalue weighted by molar-refractivity contribution is 7.89. The van der Waals surface area contributed by atoms with Gasteiger partial charge in [0.15, 0.2) is 0 Å². The second kappa shape index (κ2) is 8.71. The number of hydrogen-bond donors (Lipinski definition) is 2. The number of carbonyl (C=O) groups is 2. The van der Waals surface area contributed by atoms with E-state index in [0.29, 0.717) is 21.9 Å². The third-order valence-corrected chi connectivity index (χ3v) is 7.43. The summed E-state index contributed by atoms with van der Waals surface area (Å²) in [5.74, 6) is -1.64. The van der Waals surface area contributed by atoms with Gasteiger partial charge < -0.3 is 9.84 Å². The van der Waals surface area contributed by atoms with Crippen LogP contribution in [0.25, 0.3) is 5.76 Å². The number of ether oxygens (including phenoxy) is 1. The summed E-state index contributed by atoms with van der Waals surface area (Å²) in [5, 5.41) is 18.3. The van der Waals surface area contributed by atoms with Crippen LogP contribution >= 0.6 is 11.3 Å². The van der Waals surface area contributed by atoms with Gasteiger partial charge in [-0.3, -0.25) is 14.5 Å². The molecule has 0 bridgehead atoms. The van der Waals surface area contributed by atoms with Gasteiger partial charge in [-0.25, -0.2) is 13.6 Å². The van der Waals surface area contributed by atoms with Crippen LogP contribution in [0.1, 0.15) is 27.6 Å². The molecular weight excluding hydrogens is 476 g/mol. The third-order valence-electron chi connectivity index (χ3n) is 5.58. The van der Waals surface area contributed by atoms with E-state index < -0.39 is 27.8 Å². The maximum atomic E-state index is 13.2. The molecule has 2 heterocycles. The molecule has 0 aliphatic carbocycles. The number of ketones is 1. The zero-order chi connectivity index (χ0) is 24.8. The number of amides is 1. The van der Waals surface area contributed by atoms with E-state index in [1.807, 2.05) is 19.9 Å². The molecule has 1 aliphatic heterocycles. The standard InChI is InChI=1S/C24H22N2O6S2/c1-13-11-14(2)23(32-3)17(12-13)21(27)19-20(18-5-4-10-33-18)26(24(29)22(19)28)15-6-8-16(9-7-15)34(25,30)31/h4-12,20,27H,1-3H3,(H2,25,30,31)/b21-19-. The lowest BCUT2D eigenvalue weighted by Gasteiger charge is -2.24. The predicted molar refractivity (Wildman–Crippen MR) is 129 cm³/mol. The molecule has 2 aromatic carbocycles. The van der Waals surface area contributed by atoms with Gasteiger partial charge in [0.1, 0.15) is 17.6 Å². The Morgan fingerprint density at radius 1 is 1.12 bits per heavy atom. The number of hydrogen-bond acceptors (Lipinski definition) is 7. The maximum absolute atomic E-state index is 13.2. The van der Waals surface area contributed by atoms with Crippen LogP contribution in [0, 0.1) is 13.8 Å². The van der Waals surface area contributed by atoms with E-state index in [9.17, 15) is 23.1 Å². The molecule has 1 aromatic heterocycles. The van der Waals surface area contributed by atoms with Crippen molar-refractivity contribution in [2.75, 3.05) is 12.0 Å². The lowest BCUT2D eigenvalue weighted by Crippen LogP contribution is -2.29. The Morgan fingerprint density at radius 3 is 2.35 bits per heavy atom. The maximum Gasteiger partial charge on any atom is 0.300 e. The summed E-state index contributed by atoms with van der Waals surface area (Å²) in [7, 11) is -2.46. The largest absolute Gasteiger partial charge is 0.507 e. The van der Waals surface area contributed by atoms with Crippen LogP contribution in [0.4, 0.5) is 5.69 Å². The first-order chi connectivity index (χ1) is 16.0. The number of methoxy groups -OCH3 is 1. The quantitative estimate of drug-likeness (QED) is 0.314. The smallest absolute Gasteiger partial charge is 0.300 e. The molecule has 176 valence electrons. The van der Waals surface area contributed by atoms with E-state index in [2.05, 4.69) is 0 Å². The van der Waals surface area contributed by atoms with Gasteiger partial charge in [-0.2, -0.15) is 0 Å². The van der Waals surface area contributed by atoms with Gasteiger partial charge in [-0.05, 0) is 66.8 Å². The van der Waals surface area contributed by atoms with Crippen molar-refractivity contribution in [1.29, 1.82) is 0 Å². The molecule has 4 rings (SSSR count). The number of nitrogens with two attached hydrogens (primary N) is 1. The number of nitrogens with zero attached hydrogens (tertiary/aromatic N) is 1. The number of anilines is 1. The fraction of sp³-hybridized carbons (Fsp3) is 0.167. The lowest BCUT2D eigenvalue weighted by molar-refractivity contribution is -0.132. The molecule has 3 N–H and O–H groups in total. The van der Waals surface area contributed by atoms with Gasteiger partial charge in [-0.1, -0.05) is 12.1 Å².